The largest absolute Gasteiger partial charge is 0.463 e. The summed E-state index contributed by atoms with van der Waals surface area (Å²) in [5.41, 5.74) is 0. The Morgan fingerprint density at radius 2 is 2.20 bits per heavy atom. The first-order chi connectivity index (χ1) is 4.70. The minimum atomic E-state index is -0.504. The van der Waals surface area contributed by atoms with Gasteiger partial charge in [0.05, 0.1) is 6.10 Å². The first-order valence-corrected chi connectivity index (χ1v) is 3.54. The molecule has 0 aromatic rings. The molecule has 1 atom stereocenters. The zero-order valence-electron chi connectivity index (χ0n) is 6.46. The van der Waals surface area contributed by atoms with Crippen molar-refractivity contribution >= 4 is 5.97 Å². The standard InChI is InChI=1S/C7H14O3/c1-3-6(8)5-10-7(9)4-2/h6,8H,3-5H2,1-2H3/t6-/m0/s1. The summed E-state index contributed by atoms with van der Waals surface area (Å²) in [6.07, 6.45) is 0.489. The Kier molecular flexibility index (Phi) is 4.94. The molecule has 0 bridgehead atoms. The lowest BCUT2D eigenvalue weighted by Gasteiger charge is -2.06. The number of carbonyl (C=O) groups is 1. The fraction of sp³-hybridized carbons (Fsp3) is 0.857. The van der Waals surface area contributed by atoms with Gasteiger partial charge in [-0.3, -0.25) is 4.79 Å². The van der Waals surface area contributed by atoms with E-state index >= 15 is 0 Å². The van der Waals surface area contributed by atoms with Crippen molar-refractivity contribution in [3.63, 3.8) is 0 Å². The van der Waals surface area contributed by atoms with Gasteiger partial charge in [0.1, 0.15) is 6.61 Å². The van der Waals surface area contributed by atoms with Crippen molar-refractivity contribution in [2.45, 2.75) is 32.8 Å². The quantitative estimate of drug-likeness (QED) is 0.594. The lowest BCUT2D eigenvalue weighted by molar-refractivity contribution is -0.146. The molecule has 0 saturated carbocycles. The normalized spacial score (nSPS) is 12.7. The average molecular weight is 146 g/mol. The molecule has 0 aliphatic heterocycles. The van der Waals surface area contributed by atoms with Crippen molar-refractivity contribution in [2.75, 3.05) is 6.61 Å². The topological polar surface area (TPSA) is 46.5 Å². The van der Waals surface area contributed by atoms with E-state index < -0.39 is 6.10 Å². The zero-order chi connectivity index (χ0) is 7.98. The minimum absolute atomic E-state index is 0.128. The highest BCUT2D eigenvalue weighted by molar-refractivity contribution is 5.68. The van der Waals surface area contributed by atoms with Gasteiger partial charge in [-0.2, -0.15) is 0 Å². The molecule has 0 fully saturated rings. The third-order valence-electron chi connectivity index (χ3n) is 1.20. The predicted octanol–water partition coefficient (Wildman–Crippen LogP) is 0.711. The Hall–Kier alpha value is -0.570. The van der Waals surface area contributed by atoms with Crippen molar-refractivity contribution in [3.05, 3.63) is 0 Å². The molecule has 0 radical (unpaired) electrons. The minimum Gasteiger partial charge on any atom is -0.463 e. The first-order valence-electron chi connectivity index (χ1n) is 3.54. The smallest absolute Gasteiger partial charge is 0.305 e. The number of esters is 1. The fourth-order valence-electron chi connectivity index (χ4n) is 0.409. The van der Waals surface area contributed by atoms with E-state index in [0.29, 0.717) is 12.8 Å². The molecule has 0 saturated heterocycles. The maximum Gasteiger partial charge on any atom is 0.305 e. The van der Waals surface area contributed by atoms with Crippen molar-refractivity contribution < 1.29 is 14.6 Å². The molecule has 0 unspecified atom stereocenters. The Morgan fingerprint density at radius 1 is 1.60 bits per heavy atom. The highest BCUT2D eigenvalue weighted by Crippen LogP contribution is 1.92. The van der Waals surface area contributed by atoms with Crippen LogP contribution in [-0.2, 0) is 9.53 Å². The molecular formula is C7H14O3. The summed E-state index contributed by atoms with van der Waals surface area (Å²) in [7, 11) is 0. The summed E-state index contributed by atoms with van der Waals surface area (Å²) in [5, 5.41) is 8.93. The van der Waals surface area contributed by atoms with Crippen molar-refractivity contribution in [3.8, 4) is 0 Å². The van der Waals surface area contributed by atoms with Gasteiger partial charge in [-0.1, -0.05) is 13.8 Å². The molecule has 0 aromatic heterocycles. The van der Waals surface area contributed by atoms with Crippen LogP contribution >= 0.6 is 0 Å². The monoisotopic (exact) mass is 146 g/mol. The van der Waals surface area contributed by atoms with E-state index in [1.165, 1.54) is 0 Å². The molecule has 0 rings (SSSR count). The van der Waals surface area contributed by atoms with Crippen LogP contribution in [0.5, 0.6) is 0 Å². The van der Waals surface area contributed by atoms with Crippen LogP contribution in [0.3, 0.4) is 0 Å². The molecule has 10 heavy (non-hydrogen) atoms. The molecule has 0 aliphatic carbocycles. The highest BCUT2D eigenvalue weighted by atomic mass is 16.5. The van der Waals surface area contributed by atoms with Gasteiger partial charge in [0.15, 0.2) is 0 Å². The van der Waals surface area contributed by atoms with Crippen molar-refractivity contribution in [1.82, 2.24) is 0 Å². The van der Waals surface area contributed by atoms with Gasteiger partial charge >= 0.3 is 5.97 Å². The number of carbonyl (C=O) groups excluding carboxylic acids is 1. The van der Waals surface area contributed by atoms with E-state index in [9.17, 15) is 4.79 Å². The maximum absolute atomic E-state index is 10.5. The van der Waals surface area contributed by atoms with Crippen LogP contribution < -0.4 is 0 Å². The van der Waals surface area contributed by atoms with Gasteiger partial charge in [0.2, 0.25) is 0 Å². The third kappa shape index (κ3) is 4.32. The molecule has 0 spiro atoms. The van der Waals surface area contributed by atoms with E-state index in [4.69, 9.17) is 5.11 Å². The van der Waals surface area contributed by atoms with E-state index in [0.717, 1.165) is 0 Å². The molecule has 3 nitrogen and oxygen atoms in total. The van der Waals surface area contributed by atoms with Crippen molar-refractivity contribution in [2.24, 2.45) is 0 Å². The lowest BCUT2D eigenvalue weighted by atomic mass is 10.3. The second-order valence-electron chi connectivity index (χ2n) is 2.10. The molecule has 0 amide bonds. The molecule has 1 N–H and O–H groups in total. The molecular weight excluding hydrogens is 132 g/mol. The van der Waals surface area contributed by atoms with Crippen LogP contribution in [-0.4, -0.2) is 23.8 Å². The van der Waals surface area contributed by atoms with Gasteiger partial charge in [-0.15, -0.1) is 0 Å². The lowest BCUT2D eigenvalue weighted by Crippen LogP contribution is -2.16. The number of rotatable bonds is 4. The Labute approximate surface area is 61.0 Å². The molecule has 0 aliphatic rings. The number of hydrogen-bond acceptors (Lipinski definition) is 3. The molecule has 60 valence electrons. The average Bonchev–Trinajstić information content (AvgIpc) is 1.99. The highest BCUT2D eigenvalue weighted by Gasteiger charge is 2.03. The number of ether oxygens (including phenoxy) is 1. The van der Waals surface area contributed by atoms with Gasteiger partial charge in [0, 0.05) is 6.42 Å². The van der Waals surface area contributed by atoms with E-state index in [2.05, 4.69) is 4.74 Å². The fourth-order valence-corrected chi connectivity index (χ4v) is 0.409. The van der Waals surface area contributed by atoms with Crippen LogP contribution in [0, 0.1) is 0 Å². The van der Waals surface area contributed by atoms with Crippen LogP contribution in [0.15, 0.2) is 0 Å². The Balaban J connectivity index is 3.26. The summed E-state index contributed by atoms with van der Waals surface area (Å²) in [4.78, 5) is 10.5. The van der Waals surface area contributed by atoms with Crippen LogP contribution in [0.2, 0.25) is 0 Å². The van der Waals surface area contributed by atoms with Gasteiger partial charge < -0.3 is 9.84 Å². The molecule has 0 aromatic carbocycles. The maximum atomic E-state index is 10.5. The second-order valence-corrected chi connectivity index (χ2v) is 2.10. The van der Waals surface area contributed by atoms with Gasteiger partial charge in [-0.05, 0) is 6.42 Å². The second kappa shape index (κ2) is 5.23. The number of hydrogen-bond donors (Lipinski definition) is 1. The summed E-state index contributed by atoms with van der Waals surface area (Å²) >= 11 is 0. The van der Waals surface area contributed by atoms with E-state index in [1.807, 2.05) is 6.92 Å². The van der Waals surface area contributed by atoms with E-state index in [1.54, 1.807) is 6.92 Å². The third-order valence-corrected chi connectivity index (χ3v) is 1.20. The Bertz CT molecular complexity index is 101. The predicted molar refractivity (Wildman–Crippen MR) is 37.5 cm³/mol. The first kappa shape index (κ1) is 9.43. The number of aliphatic hydroxyl groups excluding tert-OH is 1. The van der Waals surface area contributed by atoms with Gasteiger partial charge in [0.25, 0.3) is 0 Å². The van der Waals surface area contributed by atoms with Crippen molar-refractivity contribution in [1.29, 1.82) is 0 Å². The van der Waals surface area contributed by atoms with Crippen LogP contribution in [0.4, 0.5) is 0 Å². The molecule has 3 heteroatoms. The summed E-state index contributed by atoms with van der Waals surface area (Å²) in [6, 6.07) is 0. The summed E-state index contributed by atoms with van der Waals surface area (Å²) in [5.74, 6) is -0.257. The Morgan fingerprint density at radius 3 is 2.60 bits per heavy atom. The van der Waals surface area contributed by atoms with Crippen LogP contribution in [0.1, 0.15) is 26.7 Å². The SMILES string of the molecule is CCC(=O)OC[C@@H](O)CC. The molecule has 0 heterocycles. The van der Waals surface area contributed by atoms with Gasteiger partial charge in [-0.25, -0.2) is 0 Å². The summed E-state index contributed by atoms with van der Waals surface area (Å²) < 4.78 is 4.65. The number of aliphatic hydroxyl groups is 1. The zero-order valence-corrected chi connectivity index (χ0v) is 6.46. The van der Waals surface area contributed by atoms with E-state index in [-0.39, 0.29) is 12.6 Å². The summed E-state index contributed by atoms with van der Waals surface area (Å²) in [6.45, 7) is 3.69. The van der Waals surface area contributed by atoms with Crippen LogP contribution in [0.25, 0.3) is 0 Å².